The second kappa shape index (κ2) is 6.38. The zero-order chi connectivity index (χ0) is 12.1. The molecule has 0 spiro atoms. The molecule has 4 heteroatoms. The van der Waals surface area contributed by atoms with E-state index in [0.717, 1.165) is 42.9 Å². The first kappa shape index (κ1) is 12.9. The zero-order valence-corrected chi connectivity index (χ0v) is 11.6. The standard InChI is InChI=1S/C13H18BrNO2/c1-16-13-6-7-15(10-13)8-9-17-12-4-2-11(14)3-5-12/h2-5,13H,6-10H2,1H3. The van der Waals surface area contributed by atoms with Gasteiger partial charge in [0, 0.05) is 31.2 Å². The van der Waals surface area contributed by atoms with E-state index in [1.807, 2.05) is 24.3 Å². The molecule has 0 aromatic heterocycles. The number of benzene rings is 1. The molecule has 1 saturated heterocycles. The third-order valence-electron chi connectivity index (χ3n) is 3.05. The predicted octanol–water partition coefficient (Wildman–Crippen LogP) is 2.55. The highest BCUT2D eigenvalue weighted by atomic mass is 79.9. The molecular weight excluding hydrogens is 282 g/mol. The van der Waals surface area contributed by atoms with Crippen LogP contribution in [0.5, 0.6) is 5.75 Å². The summed E-state index contributed by atoms with van der Waals surface area (Å²) in [6.07, 6.45) is 1.54. The van der Waals surface area contributed by atoms with Crippen molar-refractivity contribution >= 4 is 15.9 Å². The van der Waals surface area contributed by atoms with Crippen molar-refractivity contribution in [3.8, 4) is 5.75 Å². The van der Waals surface area contributed by atoms with Gasteiger partial charge in [-0.15, -0.1) is 0 Å². The maximum Gasteiger partial charge on any atom is 0.119 e. The Balaban J connectivity index is 1.68. The van der Waals surface area contributed by atoms with Crippen LogP contribution < -0.4 is 4.74 Å². The van der Waals surface area contributed by atoms with E-state index >= 15 is 0 Å². The van der Waals surface area contributed by atoms with Gasteiger partial charge in [-0.25, -0.2) is 0 Å². The van der Waals surface area contributed by atoms with Crippen molar-refractivity contribution in [1.29, 1.82) is 0 Å². The number of ether oxygens (including phenoxy) is 2. The molecule has 0 bridgehead atoms. The molecule has 0 radical (unpaired) electrons. The van der Waals surface area contributed by atoms with Gasteiger partial charge in [0.05, 0.1) is 6.10 Å². The number of hydrogen-bond donors (Lipinski definition) is 0. The Morgan fingerprint density at radius 1 is 1.35 bits per heavy atom. The SMILES string of the molecule is COC1CCN(CCOc2ccc(Br)cc2)C1. The van der Waals surface area contributed by atoms with Gasteiger partial charge in [-0.3, -0.25) is 4.90 Å². The smallest absolute Gasteiger partial charge is 0.119 e. The summed E-state index contributed by atoms with van der Waals surface area (Å²) in [4.78, 5) is 2.38. The van der Waals surface area contributed by atoms with Crippen LogP contribution in [0.3, 0.4) is 0 Å². The molecule has 1 aromatic carbocycles. The molecule has 1 atom stereocenters. The van der Waals surface area contributed by atoms with Crippen LogP contribution in [0.2, 0.25) is 0 Å². The first-order chi connectivity index (χ1) is 8.28. The Bertz CT molecular complexity index is 342. The highest BCUT2D eigenvalue weighted by Crippen LogP contribution is 2.16. The quantitative estimate of drug-likeness (QED) is 0.834. The van der Waals surface area contributed by atoms with E-state index < -0.39 is 0 Å². The van der Waals surface area contributed by atoms with E-state index in [-0.39, 0.29) is 0 Å². The van der Waals surface area contributed by atoms with E-state index in [1.54, 1.807) is 7.11 Å². The Morgan fingerprint density at radius 3 is 2.76 bits per heavy atom. The van der Waals surface area contributed by atoms with Crippen LogP contribution in [0.4, 0.5) is 0 Å². The topological polar surface area (TPSA) is 21.7 Å². The fourth-order valence-corrected chi connectivity index (χ4v) is 2.28. The van der Waals surface area contributed by atoms with Gasteiger partial charge >= 0.3 is 0 Å². The summed E-state index contributed by atoms with van der Waals surface area (Å²) in [6.45, 7) is 3.84. The Kier molecular flexibility index (Phi) is 4.83. The average Bonchev–Trinajstić information content (AvgIpc) is 2.80. The summed E-state index contributed by atoms with van der Waals surface area (Å²) < 4.78 is 12.1. The fourth-order valence-electron chi connectivity index (χ4n) is 2.02. The van der Waals surface area contributed by atoms with Crippen molar-refractivity contribution in [2.45, 2.75) is 12.5 Å². The van der Waals surface area contributed by atoms with Crippen molar-refractivity contribution in [2.75, 3.05) is 33.4 Å². The molecule has 3 nitrogen and oxygen atoms in total. The van der Waals surface area contributed by atoms with E-state index in [9.17, 15) is 0 Å². The molecule has 1 aliphatic heterocycles. The van der Waals surface area contributed by atoms with E-state index in [0.29, 0.717) is 6.10 Å². The lowest BCUT2D eigenvalue weighted by molar-refractivity contribution is 0.106. The second-order valence-corrected chi connectivity index (χ2v) is 5.17. The number of halogens is 1. The fraction of sp³-hybridized carbons (Fsp3) is 0.538. The van der Waals surface area contributed by atoms with Gasteiger partial charge in [0.1, 0.15) is 12.4 Å². The van der Waals surface area contributed by atoms with E-state index in [4.69, 9.17) is 9.47 Å². The minimum absolute atomic E-state index is 0.405. The molecule has 94 valence electrons. The normalized spacial score (nSPS) is 20.7. The highest BCUT2D eigenvalue weighted by Gasteiger charge is 2.21. The molecule has 1 unspecified atom stereocenters. The third kappa shape index (κ3) is 3.98. The van der Waals surface area contributed by atoms with Crippen LogP contribution in [0, 0.1) is 0 Å². The summed E-state index contributed by atoms with van der Waals surface area (Å²) in [5, 5.41) is 0. The maximum absolute atomic E-state index is 5.69. The molecule has 1 aromatic rings. The number of rotatable bonds is 5. The van der Waals surface area contributed by atoms with Crippen molar-refractivity contribution in [2.24, 2.45) is 0 Å². The molecule has 2 rings (SSSR count). The molecule has 0 aliphatic carbocycles. The van der Waals surface area contributed by atoms with Crippen LogP contribution in [0.15, 0.2) is 28.7 Å². The lowest BCUT2D eigenvalue weighted by Gasteiger charge is -2.15. The largest absolute Gasteiger partial charge is 0.492 e. The van der Waals surface area contributed by atoms with E-state index in [2.05, 4.69) is 20.8 Å². The molecule has 0 N–H and O–H groups in total. The molecule has 0 amide bonds. The number of methoxy groups -OCH3 is 1. The first-order valence-electron chi connectivity index (χ1n) is 5.91. The van der Waals surface area contributed by atoms with Crippen molar-refractivity contribution in [3.05, 3.63) is 28.7 Å². The van der Waals surface area contributed by atoms with Gasteiger partial charge in [0.25, 0.3) is 0 Å². The molecular formula is C13H18BrNO2. The van der Waals surface area contributed by atoms with Crippen LogP contribution in [0.1, 0.15) is 6.42 Å². The summed E-state index contributed by atoms with van der Waals surface area (Å²) in [7, 11) is 1.78. The predicted molar refractivity (Wildman–Crippen MR) is 71.5 cm³/mol. The summed E-state index contributed by atoms with van der Waals surface area (Å²) in [5.74, 6) is 0.927. The lowest BCUT2D eigenvalue weighted by atomic mass is 10.3. The van der Waals surface area contributed by atoms with Gasteiger partial charge in [0.2, 0.25) is 0 Å². The second-order valence-electron chi connectivity index (χ2n) is 4.25. The Labute approximate surface area is 111 Å². The van der Waals surface area contributed by atoms with E-state index in [1.165, 1.54) is 0 Å². The maximum atomic E-state index is 5.69. The van der Waals surface area contributed by atoms with Crippen molar-refractivity contribution in [3.63, 3.8) is 0 Å². The van der Waals surface area contributed by atoms with Gasteiger partial charge in [0.15, 0.2) is 0 Å². The highest BCUT2D eigenvalue weighted by molar-refractivity contribution is 9.10. The van der Waals surface area contributed by atoms with Crippen LogP contribution in [-0.4, -0.2) is 44.4 Å². The van der Waals surface area contributed by atoms with Crippen LogP contribution in [-0.2, 0) is 4.74 Å². The zero-order valence-electron chi connectivity index (χ0n) is 10.1. The van der Waals surface area contributed by atoms with Gasteiger partial charge in [-0.2, -0.15) is 0 Å². The Morgan fingerprint density at radius 2 is 2.12 bits per heavy atom. The first-order valence-corrected chi connectivity index (χ1v) is 6.71. The van der Waals surface area contributed by atoms with Gasteiger partial charge in [-0.05, 0) is 30.7 Å². The molecule has 1 heterocycles. The minimum Gasteiger partial charge on any atom is -0.492 e. The molecule has 1 fully saturated rings. The number of nitrogens with zero attached hydrogens (tertiary/aromatic N) is 1. The van der Waals surface area contributed by atoms with Crippen LogP contribution >= 0.6 is 15.9 Å². The third-order valence-corrected chi connectivity index (χ3v) is 3.58. The molecule has 0 saturated carbocycles. The minimum atomic E-state index is 0.405. The monoisotopic (exact) mass is 299 g/mol. The average molecular weight is 300 g/mol. The Hall–Kier alpha value is -0.580. The number of hydrogen-bond acceptors (Lipinski definition) is 3. The molecule has 1 aliphatic rings. The lowest BCUT2D eigenvalue weighted by Crippen LogP contribution is -2.27. The molecule has 17 heavy (non-hydrogen) atoms. The van der Waals surface area contributed by atoms with Crippen LogP contribution in [0.25, 0.3) is 0 Å². The van der Waals surface area contributed by atoms with Crippen molar-refractivity contribution in [1.82, 2.24) is 4.90 Å². The summed E-state index contributed by atoms with van der Waals surface area (Å²) >= 11 is 3.40. The van der Waals surface area contributed by atoms with Gasteiger partial charge < -0.3 is 9.47 Å². The summed E-state index contributed by atoms with van der Waals surface area (Å²) in [6, 6.07) is 7.94. The van der Waals surface area contributed by atoms with Crippen molar-refractivity contribution < 1.29 is 9.47 Å². The number of likely N-dealkylation sites (tertiary alicyclic amines) is 1. The summed E-state index contributed by atoms with van der Waals surface area (Å²) in [5.41, 5.74) is 0. The van der Waals surface area contributed by atoms with Gasteiger partial charge in [-0.1, -0.05) is 15.9 Å².